The molecular weight excluding hydrogens is 306 g/mol. The van der Waals surface area contributed by atoms with Crippen LogP contribution in [0.5, 0.6) is 11.6 Å². The Morgan fingerprint density at radius 2 is 2.04 bits per heavy atom. The van der Waals surface area contributed by atoms with E-state index in [0.717, 1.165) is 6.21 Å². The van der Waals surface area contributed by atoms with E-state index >= 15 is 0 Å². The number of nitrogens with two attached hydrogens (primary N) is 3. The molecular formula is C16H17N7O. The molecule has 2 heterocycles. The third-order valence-electron chi connectivity index (χ3n) is 2.81. The molecule has 0 radical (unpaired) electrons. The maximum atomic E-state index is 7.17. The number of allylic oxidation sites excluding steroid dienone is 1. The van der Waals surface area contributed by atoms with Crippen LogP contribution in [0.15, 0.2) is 71.4 Å². The van der Waals surface area contributed by atoms with Crippen molar-refractivity contribution in [3.05, 3.63) is 66.4 Å². The summed E-state index contributed by atoms with van der Waals surface area (Å²) < 4.78 is 5.53. The molecule has 0 amide bonds. The average Bonchev–Trinajstić information content (AvgIpc) is 2.58. The second-order valence-corrected chi connectivity index (χ2v) is 4.55. The van der Waals surface area contributed by atoms with E-state index in [-0.39, 0.29) is 11.5 Å². The van der Waals surface area contributed by atoms with E-state index in [4.69, 9.17) is 27.3 Å². The van der Waals surface area contributed by atoms with Crippen LogP contribution in [0.1, 0.15) is 0 Å². The summed E-state index contributed by atoms with van der Waals surface area (Å²) in [6.07, 6.45) is 8.43. The summed E-state index contributed by atoms with van der Waals surface area (Å²) in [5.74, 6) is 1.16. The van der Waals surface area contributed by atoms with E-state index in [9.17, 15) is 0 Å². The lowest BCUT2D eigenvalue weighted by atomic mass is 10.2. The van der Waals surface area contributed by atoms with E-state index in [0.29, 0.717) is 22.9 Å². The second-order valence-electron chi connectivity index (χ2n) is 4.55. The average molecular weight is 323 g/mol. The molecule has 0 unspecified atom stereocenters. The third-order valence-corrected chi connectivity index (χ3v) is 2.81. The zero-order valence-corrected chi connectivity index (χ0v) is 12.8. The molecule has 0 fully saturated rings. The highest BCUT2D eigenvalue weighted by molar-refractivity contribution is 5.96. The molecule has 0 aliphatic carbocycles. The number of ether oxygens (including phenoxy) is 1. The highest BCUT2D eigenvalue weighted by Gasteiger charge is 2.01. The zero-order chi connectivity index (χ0) is 17.4. The van der Waals surface area contributed by atoms with Gasteiger partial charge in [-0.25, -0.2) is 9.98 Å². The Bertz CT molecular complexity index is 780. The molecule has 0 saturated carbocycles. The number of pyridine rings is 2. The smallest absolute Gasteiger partial charge is 0.219 e. The van der Waals surface area contributed by atoms with E-state index in [1.807, 2.05) is 0 Å². The van der Waals surface area contributed by atoms with Gasteiger partial charge in [0.15, 0.2) is 0 Å². The minimum Gasteiger partial charge on any atom is -0.437 e. The van der Waals surface area contributed by atoms with Crippen molar-refractivity contribution >= 4 is 17.7 Å². The Labute approximate surface area is 138 Å². The SMILES string of the molecule is N=CC(=CN)/C(N)=C/C(N)=Nc1ccc(Oc2cccnc2)nc1. The van der Waals surface area contributed by atoms with Gasteiger partial charge in [-0.15, -0.1) is 0 Å². The number of aliphatic imine (C=N–C) groups is 1. The molecule has 8 nitrogen and oxygen atoms in total. The molecule has 0 aromatic carbocycles. The van der Waals surface area contributed by atoms with E-state index in [2.05, 4.69) is 15.0 Å². The van der Waals surface area contributed by atoms with Crippen LogP contribution in [0.25, 0.3) is 0 Å². The van der Waals surface area contributed by atoms with Gasteiger partial charge in [-0.05, 0) is 18.2 Å². The third kappa shape index (κ3) is 4.67. The molecule has 2 aromatic heterocycles. The molecule has 0 saturated heterocycles. The molecule has 0 aliphatic rings. The summed E-state index contributed by atoms with van der Waals surface area (Å²) in [6.45, 7) is 0. The highest BCUT2D eigenvalue weighted by atomic mass is 16.5. The molecule has 122 valence electrons. The van der Waals surface area contributed by atoms with Crippen LogP contribution >= 0.6 is 0 Å². The first-order valence-corrected chi connectivity index (χ1v) is 6.90. The van der Waals surface area contributed by atoms with E-state index < -0.39 is 0 Å². The maximum Gasteiger partial charge on any atom is 0.219 e. The van der Waals surface area contributed by atoms with Crippen LogP contribution in [-0.2, 0) is 0 Å². The first kappa shape index (κ1) is 16.7. The summed E-state index contributed by atoms with van der Waals surface area (Å²) in [6, 6.07) is 6.91. The Morgan fingerprint density at radius 1 is 1.21 bits per heavy atom. The van der Waals surface area contributed by atoms with Crippen molar-refractivity contribution in [2.24, 2.45) is 22.2 Å². The Morgan fingerprint density at radius 3 is 2.62 bits per heavy atom. The Hall–Kier alpha value is -3.68. The first-order chi connectivity index (χ1) is 11.6. The van der Waals surface area contributed by atoms with Gasteiger partial charge in [0, 0.05) is 42.0 Å². The lowest BCUT2D eigenvalue weighted by Gasteiger charge is -2.04. The number of nitrogens with one attached hydrogen (secondary N) is 1. The molecule has 0 atom stereocenters. The molecule has 7 N–H and O–H groups in total. The molecule has 0 bridgehead atoms. The molecule has 2 rings (SSSR count). The van der Waals surface area contributed by atoms with Crippen LogP contribution in [0.2, 0.25) is 0 Å². The van der Waals surface area contributed by atoms with E-state index in [1.54, 1.807) is 36.7 Å². The van der Waals surface area contributed by atoms with Crippen molar-refractivity contribution in [3.8, 4) is 11.6 Å². The molecule has 8 heteroatoms. The number of amidine groups is 1. The summed E-state index contributed by atoms with van der Waals surface area (Å²) in [4.78, 5) is 12.3. The molecule has 0 aliphatic heterocycles. The van der Waals surface area contributed by atoms with Crippen molar-refractivity contribution in [2.45, 2.75) is 0 Å². The molecule has 24 heavy (non-hydrogen) atoms. The topological polar surface area (TPSA) is 149 Å². The van der Waals surface area contributed by atoms with Crippen molar-refractivity contribution < 1.29 is 4.74 Å². The van der Waals surface area contributed by atoms with Gasteiger partial charge in [0.2, 0.25) is 5.88 Å². The number of hydrogen-bond donors (Lipinski definition) is 4. The predicted octanol–water partition coefficient (Wildman–Crippen LogP) is 1.59. The van der Waals surface area contributed by atoms with Crippen LogP contribution in [0.4, 0.5) is 5.69 Å². The van der Waals surface area contributed by atoms with Crippen molar-refractivity contribution in [1.29, 1.82) is 5.41 Å². The fraction of sp³-hybridized carbons (Fsp3) is 0. The Kier molecular flexibility index (Phi) is 5.62. The number of aromatic nitrogens is 2. The summed E-state index contributed by atoms with van der Waals surface area (Å²) >= 11 is 0. The number of hydrogen-bond acceptors (Lipinski definition) is 7. The normalized spacial score (nSPS) is 12.8. The van der Waals surface area contributed by atoms with Gasteiger partial charge >= 0.3 is 0 Å². The maximum absolute atomic E-state index is 7.17. The van der Waals surface area contributed by atoms with Crippen molar-refractivity contribution in [2.75, 3.05) is 0 Å². The second kappa shape index (κ2) is 8.08. The first-order valence-electron chi connectivity index (χ1n) is 6.90. The molecule has 0 spiro atoms. The van der Waals surface area contributed by atoms with Gasteiger partial charge in [0.05, 0.1) is 18.1 Å². The van der Waals surface area contributed by atoms with Gasteiger partial charge in [-0.3, -0.25) is 4.98 Å². The minimum absolute atomic E-state index is 0.163. The van der Waals surface area contributed by atoms with Gasteiger partial charge in [-0.1, -0.05) is 0 Å². The number of nitrogens with zero attached hydrogens (tertiary/aromatic N) is 3. The van der Waals surface area contributed by atoms with Crippen LogP contribution in [-0.4, -0.2) is 22.0 Å². The predicted molar refractivity (Wildman–Crippen MR) is 93.2 cm³/mol. The van der Waals surface area contributed by atoms with Crippen LogP contribution < -0.4 is 21.9 Å². The Balaban J connectivity index is 2.10. The minimum atomic E-state index is 0.163. The number of rotatable bonds is 6. The van der Waals surface area contributed by atoms with E-state index in [1.165, 1.54) is 18.5 Å². The van der Waals surface area contributed by atoms with Gasteiger partial charge < -0.3 is 27.3 Å². The van der Waals surface area contributed by atoms with Crippen LogP contribution in [0.3, 0.4) is 0 Å². The largest absolute Gasteiger partial charge is 0.437 e. The van der Waals surface area contributed by atoms with Gasteiger partial charge in [-0.2, -0.15) is 0 Å². The standard InChI is InChI=1S/C16H17N7O/c17-7-11(8-18)14(19)6-15(20)23-12-3-4-16(22-9-12)24-13-2-1-5-21-10-13/h1-10,17H,18-19H2,(H2,20,23)/b11-8?,14-6-,17-7?. The van der Waals surface area contributed by atoms with Crippen molar-refractivity contribution in [1.82, 2.24) is 9.97 Å². The van der Waals surface area contributed by atoms with Gasteiger partial charge in [0.1, 0.15) is 11.6 Å². The highest BCUT2D eigenvalue weighted by Crippen LogP contribution is 2.20. The summed E-state index contributed by atoms with van der Waals surface area (Å²) in [5, 5.41) is 7.17. The summed E-state index contributed by atoms with van der Waals surface area (Å²) in [7, 11) is 0. The lowest BCUT2D eigenvalue weighted by Crippen LogP contribution is -2.13. The van der Waals surface area contributed by atoms with Gasteiger partial charge in [0.25, 0.3) is 0 Å². The summed E-state index contributed by atoms with van der Waals surface area (Å²) in [5.41, 5.74) is 18.0. The van der Waals surface area contributed by atoms with Crippen molar-refractivity contribution in [3.63, 3.8) is 0 Å². The lowest BCUT2D eigenvalue weighted by molar-refractivity contribution is 0.461. The molecule has 2 aromatic rings. The zero-order valence-electron chi connectivity index (χ0n) is 12.8. The monoisotopic (exact) mass is 323 g/mol. The fourth-order valence-electron chi connectivity index (χ4n) is 1.68. The fourth-order valence-corrected chi connectivity index (χ4v) is 1.68. The van der Waals surface area contributed by atoms with Crippen LogP contribution in [0, 0.1) is 5.41 Å². The quantitative estimate of drug-likeness (QED) is 0.360.